The lowest BCUT2D eigenvalue weighted by atomic mass is 9.99. The predicted molar refractivity (Wildman–Crippen MR) is 100 cm³/mol. The van der Waals surface area contributed by atoms with E-state index in [1.807, 2.05) is 26.0 Å². The maximum Gasteiger partial charge on any atom is 0.307 e. The average molecular weight is 389 g/mol. The maximum atomic E-state index is 13.6. The lowest BCUT2D eigenvalue weighted by molar-refractivity contribution is -0.153. The standard InChI is InChI=1S/C21H21F2NO4/c1-12-4-5-13(2)16(10-12)19(25)8-9-20(26)28-14(3)21(27)24-18-7-6-15(22)11-17(18)23/h4-7,10-11,14H,8-9H2,1-3H3,(H,24,27)/t14-/m1/s1. The van der Waals surface area contributed by atoms with Crippen molar-refractivity contribution in [1.29, 1.82) is 0 Å². The van der Waals surface area contributed by atoms with Gasteiger partial charge < -0.3 is 10.1 Å². The molecule has 0 bridgehead atoms. The molecule has 0 aromatic heterocycles. The molecule has 1 atom stereocenters. The summed E-state index contributed by atoms with van der Waals surface area (Å²) < 4.78 is 31.4. The minimum absolute atomic E-state index is 0.0515. The van der Waals surface area contributed by atoms with E-state index in [1.165, 1.54) is 6.92 Å². The Kier molecular flexibility index (Phi) is 6.98. The number of esters is 1. The Labute approximate surface area is 161 Å². The number of hydrogen-bond acceptors (Lipinski definition) is 4. The van der Waals surface area contributed by atoms with Crippen LogP contribution in [0.5, 0.6) is 0 Å². The average Bonchev–Trinajstić information content (AvgIpc) is 2.63. The van der Waals surface area contributed by atoms with Gasteiger partial charge in [0.1, 0.15) is 11.6 Å². The number of hydrogen-bond donors (Lipinski definition) is 1. The number of nitrogens with one attached hydrogen (secondary N) is 1. The van der Waals surface area contributed by atoms with Crippen LogP contribution < -0.4 is 5.32 Å². The molecular weight excluding hydrogens is 368 g/mol. The zero-order valence-electron chi connectivity index (χ0n) is 15.8. The van der Waals surface area contributed by atoms with Gasteiger partial charge >= 0.3 is 5.97 Å². The second-order valence-corrected chi connectivity index (χ2v) is 6.49. The van der Waals surface area contributed by atoms with Gasteiger partial charge in [0, 0.05) is 18.1 Å². The lowest BCUT2D eigenvalue weighted by Crippen LogP contribution is -2.30. The Morgan fingerprint density at radius 1 is 1.04 bits per heavy atom. The number of amides is 1. The predicted octanol–water partition coefficient (Wildman–Crippen LogP) is 4.11. The van der Waals surface area contributed by atoms with Crippen LogP contribution >= 0.6 is 0 Å². The van der Waals surface area contributed by atoms with Crippen LogP contribution in [0.2, 0.25) is 0 Å². The number of ether oxygens (including phenoxy) is 1. The van der Waals surface area contributed by atoms with Crippen LogP contribution in [0, 0.1) is 25.5 Å². The molecule has 0 spiro atoms. The molecule has 1 amide bonds. The number of rotatable bonds is 7. The Hall–Kier alpha value is -3.09. The third-order valence-corrected chi connectivity index (χ3v) is 4.12. The summed E-state index contributed by atoms with van der Waals surface area (Å²) in [5, 5.41) is 2.22. The molecule has 2 aromatic rings. The van der Waals surface area contributed by atoms with E-state index in [1.54, 1.807) is 6.07 Å². The molecule has 5 nitrogen and oxygen atoms in total. The first kappa shape index (κ1) is 21.2. The summed E-state index contributed by atoms with van der Waals surface area (Å²) in [6.45, 7) is 5.00. The molecular formula is C21H21F2NO4. The van der Waals surface area contributed by atoms with Crippen molar-refractivity contribution < 1.29 is 27.9 Å². The van der Waals surface area contributed by atoms with Gasteiger partial charge in [-0.15, -0.1) is 0 Å². The highest BCUT2D eigenvalue weighted by molar-refractivity contribution is 5.99. The van der Waals surface area contributed by atoms with Crippen molar-refractivity contribution in [3.05, 3.63) is 64.7 Å². The van der Waals surface area contributed by atoms with Crippen LogP contribution in [0.25, 0.3) is 0 Å². The third-order valence-electron chi connectivity index (χ3n) is 4.12. The van der Waals surface area contributed by atoms with Crippen LogP contribution in [0.4, 0.5) is 14.5 Å². The van der Waals surface area contributed by atoms with Gasteiger partial charge in [0.25, 0.3) is 5.91 Å². The molecule has 0 saturated heterocycles. The fourth-order valence-electron chi connectivity index (χ4n) is 2.52. The van der Waals surface area contributed by atoms with Crippen molar-refractivity contribution in [3.63, 3.8) is 0 Å². The summed E-state index contributed by atoms with van der Waals surface area (Å²) in [4.78, 5) is 36.2. The Bertz CT molecular complexity index is 911. The van der Waals surface area contributed by atoms with Gasteiger partial charge in [-0.25, -0.2) is 8.78 Å². The highest BCUT2D eigenvalue weighted by Gasteiger charge is 2.20. The lowest BCUT2D eigenvalue weighted by Gasteiger charge is -2.14. The van der Waals surface area contributed by atoms with E-state index in [9.17, 15) is 23.2 Å². The number of ketones is 1. The fourth-order valence-corrected chi connectivity index (χ4v) is 2.52. The maximum absolute atomic E-state index is 13.6. The van der Waals surface area contributed by atoms with Crippen LogP contribution in [-0.4, -0.2) is 23.8 Å². The highest BCUT2D eigenvalue weighted by atomic mass is 19.1. The second-order valence-electron chi connectivity index (χ2n) is 6.49. The van der Waals surface area contributed by atoms with Crippen LogP contribution in [0.15, 0.2) is 36.4 Å². The van der Waals surface area contributed by atoms with Crippen LogP contribution in [0.3, 0.4) is 0 Å². The van der Waals surface area contributed by atoms with Crippen molar-refractivity contribution in [2.24, 2.45) is 0 Å². The first-order valence-electron chi connectivity index (χ1n) is 8.73. The van der Waals surface area contributed by atoms with Crippen LogP contribution in [0.1, 0.15) is 41.3 Å². The monoisotopic (exact) mass is 389 g/mol. The van der Waals surface area contributed by atoms with E-state index in [2.05, 4.69) is 5.32 Å². The summed E-state index contributed by atoms with van der Waals surface area (Å²) in [6, 6.07) is 8.18. The van der Waals surface area contributed by atoms with E-state index >= 15 is 0 Å². The number of Topliss-reactive ketones (excluding diaryl/α,β-unsaturated/α-hetero) is 1. The first-order chi connectivity index (χ1) is 13.2. The molecule has 0 aliphatic carbocycles. The number of anilines is 1. The molecule has 1 N–H and O–H groups in total. The molecule has 0 heterocycles. The first-order valence-corrected chi connectivity index (χ1v) is 8.73. The van der Waals surface area contributed by atoms with Gasteiger partial charge in [0.15, 0.2) is 11.9 Å². The topological polar surface area (TPSA) is 72.5 Å². The number of carbonyl (C=O) groups is 3. The Morgan fingerprint density at radius 3 is 2.43 bits per heavy atom. The summed E-state index contributed by atoms with van der Waals surface area (Å²) >= 11 is 0. The molecule has 0 radical (unpaired) electrons. The molecule has 0 fully saturated rings. The number of aryl methyl sites for hydroxylation is 2. The van der Waals surface area contributed by atoms with E-state index < -0.39 is 29.6 Å². The van der Waals surface area contributed by atoms with E-state index in [0.29, 0.717) is 11.6 Å². The third kappa shape index (κ3) is 5.70. The summed E-state index contributed by atoms with van der Waals surface area (Å²) in [5.74, 6) is -3.39. The molecule has 0 aliphatic rings. The summed E-state index contributed by atoms with van der Waals surface area (Å²) in [5.41, 5.74) is 2.08. The molecule has 0 aliphatic heterocycles. The van der Waals surface area contributed by atoms with Gasteiger partial charge in [-0.3, -0.25) is 14.4 Å². The van der Waals surface area contributed by atoms with E-state index in [4.69, 9.17) is 4.74 Å². The van der Waals surface area contributed by atoms with Gasteiger partial charge in [0.2, 0.25) is 0 Å². The van der Waals surface area contributed by atoms with E-state index in [-0.39, 0.29) is 24.3 Å². The van der Waals surface area contributed by atoms with E-state index in [0.717, 1.165) is 23.3 Å². The van der Waals surface area contributed by atoms with Gasteiger partial charge in [-0.2, -0.15) is 0 Å². The van der Waals surface area contributed by atoms with Crippen molar-refractivity contribution in [2.75, 3.05) is 5.32 Å². The number of halogens is 2. The fraction of sp³-hybridized carbons (Fsp3) is 0.286. The van der Waals surface area contributed by atoms with Crippen molar-refractivity contribution >= 4 is 23.3 Å². The normalized spacial score (nSPS) is 11.6. The molecule has 0 unspecified atom stereocenters. The minimum atomic E-state index is -1.20. The Balaban J connectivity index is 1.87. The second kappa shape index (κ2) is 9.21. The summed E-state index contributed by atoms with van der Waals surface area (Å²) in [6.07, 6.45) is -1.44. The summed E-state index contributed by atoms with van der Waals surface area (Å²) in [7, 11) is 0. The largest absolute Gasteiger partial charge is 0.453 e. The molecule has 2 rings (SSSR count). The molecule has 2 aromatic carbocycles. The van der Waals surface area contributed by atoms with Crippen molar-refractivity contribution in [2.45, 2.75) is 39.7 Å². The number of carbonyl (C=O) groups excluding carboxylic acids is 3. The smallest absolute Gasteiger partial charge is 0.307 e. The quantitative estimate of drug-likeness (QED) is 0.571. The van der Waals surface area contributed by atoms with Gasteiger partial charge in [0.05, 0.1) is 12.1 Å². The van der Waals surface area contributed by atoms with Gasteiger partial charge in [-0.05, 0) is 44.5 Å². The van der Waals surface area contributed by atoms with Crippen molar-refractivity contribution in [1.82, 2.24) is 0 Å². The molecule has 28 heavy (non-hydrogen) atoms. The SMILES string of the molecule is Cc1ccc(C)c(C(=O)CCC(=O)O[C@H](C)C(=O)Nc2ccc(F)cc2F)c1. The highest BCUT2D eigenvalue weighted by Crippen LogP contribution is 2.16. The van der Waals surface area contributed by atoms with Crippen LogP contribution in [-0.2, 0) is 14.3 Å². The molecule has 7 heteroatoms. The Morgan fingerprint density at radius 2 is 1.75 bits per heavy atom. The minimum Gasteiger partial charge on any atom is -0.453 e. The zero-order valence-corrected chi connectivity index (χ0v) is 15.8. The molecule has 0 saturated carbocycles. The van der Waals surface area contributed by atoms with Gasteiger partial charge in [-0.1, -0.05) is 17.7 Å². The number of benzene rings is 2. The van der Waals surface area contributed by atoms with Crippen molar-refractivity contribution in [3.8, 4) is 0 Å². The zero-order chi connectivity index (χ0) is 20.8. The molecule has 148 valence electrons.